The van der Waals surface area contributed by atoms with Gasteiger partial charge in [-0.2, -0.15) is 0 Å². The second-order valence-electron chi connectivity index (χ2n) is 11.0. The maximum absolute atomic E-state index is 12.6. The molecule has 9 heteroatoms. The van der Waals surface area contributed by atoms with E-state index in [1.54, 1.807) is 19.2 Å². The number of aldehydes is 2. The molecule has 1 amide bonds. The fourth-order valence-corrected chi connectivity index (χ4v) is 4.60. The largest absolute Gasteiger partial charge is 0.494 e. The highest BCUT2D eigenvalue weighted by atomic mass is 16.5. The maximum atomic E-state index is 12.6. The van der Waals surface area contributed by atoms with Crippen molar-refractivity contribution >= 4 is 24.3 Å². The summed E-state index contributed by atoms with van der Waals surface area (Å²) in [7, 11) is 1.74. The Morgan fingerprint density at radius 3 is 1.98 bits per heavy atom. The lowest BCUT2D eigenvalue weighted by atomic mass is 10.0. The number of ketones is 1. The Morgan fingerprint density at radius 1 is 0.860 bits per heavy atom. The highest BCUT2D eigenvalue weighted by Gasteiger charge is 2.21. The van der Waals surface area contributed by atoms with Crippen LogP contribution in [0.25, 0.3) is 0 Å². The van der Waals surface area contributed by atoms with Gasteiger partial charge in [0.1, 0.15) is 17.8 Å². The minimum atomic E-state index is -0.477. The van der Waals surface area contributed by atoms with Crippen LogP contribution < -0.4 is 20.1 Å². The number of hydrogen-bond donors (Lipinski definition) is 3. The number of benzene rings is 2. The first-order valence-electron chi connectivity index (χ1n) is 14.8. The Morgan fingerprint density at radius 2 is 1.47 bits per heavy atom. The van der Waals surface area contributed by atoms with Crippen LogP contribution in [0.2, 0.25) is 0 Å². The number of aromatic nitrogens is 1. The summed E-state index contributed by atoms with van der Waals surface area (Å²) in [6, 6.07) is 17.8. The third-order valence-electron chi connectivity index (χ3n) is 7.02. The van der Waals surface area contributed by atoms with Gasteiger partial charge in [-0.1, -0.05) is 38.1 Å². The third-order valence-corrected chi connectivity index (χ3v) is 7.02. The molecule has 0 bridgehead atoms. The number of carbonyl (C=O) groups excluding carboxylic acids is 4. The Bertz CT molecular complexity index is 1300. The molecule has 0 saturated carbocycles. The predicted octanol–water partition coefficient (Wildman–Crippen LogP) is 4.74. The van der Waals surface area contributed by atoms with Crippen LogP contribution in [0.3, 0.4) is 0 Å². The first kappa shape index (κ1) is 33.3. The zero-order chi connectivity index (χ0) is 31.0. The molecule has 1 aromatic heterocycles. The van der Waals surface area contributed by atoms with Gasteiger partial charge in [-0.15, -0.1) is 0 Å². The van der Waals surface area contributed by atoms with Crippen molar-refractivity contribution in [2.75, 3.05) is 20.3 Å². The molecule has 43 heavy (non-hydrogen) atoms. The maximum Gasteiger partial charge on any atom is 0.238 e. The Hall–Kier alpha value is -4.24. The molecule has 1 unspecified atom stereocenters. The van der Waals surface area contributed by atoms with Crippen molar-refractivity contribution in [3.8, 4) is 11.5 Å². The molecule has 0 aliphatic carbocycles. The van der Waals surface area contributed by atoms with Crippen molar-refractivity contribution in [2.45, 2.75) is 64.5 Å². The predicted molar refractivity (Wildman–Crippen MR) is 166 cm³/mol. The number of unbranched alkanes of at least 4 members (excludes halogenated alkanes) is 1. The average Bonchev–Trinajstić information content (AvgIpc) is 3.50. The van der Waals surface area contributed by atoms with Crippen molar-refractivity contribution in [2.24, 2.45) is 5.92 Å². The van der Waals surface area contributed by atoms with E-state index >= 15 is 0 Å². The van der Waals surface area contributed by atoms with E-state index in [0.29, 0.717) is 62.5 Å². The summed E-state index contributed by atoms with van der Waals surface area (Å²) >= 11 is 0. The van der Waals surface area contributed by atoms with Crippen molar-refractivity contribution < 1.29 is 28.7 Å². The van der Waals surface area contributed by atoms with E-state index in [4.69, 9.17) is 9.47 Å². The first-order valence-corrected chi connectivity index (χ1v) is 14.8. The zero-order valence-corrected chi connectivity index (χ0v) is 25.3. The van der Waals surface area contributed by atoms with Gasteiger partial charge in [0.2, 0.25) is 5.91 Å². The number of rotatable bonds is 20. The van der Waals surface area contributed by atoms with Crippen molar-refractivity contribution in [3.63, 3.8) is 0 Å². The number of carbonyl (C=O) groups is 4. The van der Waals surface area contributed by atoms with Gasteiger partial charge in [0.05, 0.1) is 36.7 Å². The molecule has 3 aromatic rings. The molecule has 0 aliphatic rings. The van der Waals surface area contributed by atoms with Gasteiger partial charge in [0.25, 0.3) is 0 Å². The number of aromatic amines is 1. The third kappa shape index (κ3) is 11.5. The SMILES string of the molecule is CN[C@@H](Cc1ccc(OCCCCOc2ccc(CCC(=O)c3ccc(C=O)[nH]3)cc2)cc1)C(=O)NC(C=O)CC(C)C. The zero-order valence-electron chi connectivity index (χ0n) is 25.3. The van der Waals surface area contributed by atoms with Crippen molar-refractivity contribution in [1.29, 1.82) is 0 Å². The molecule has 0 saturated heterocycles. The molecule has 2 aromatic carbocycles. The van der Waals surface area contributed by atoms with Crippen LogP contribution in [0.15, 0.2) is 60.7 Å². The summed E-state index contributed by atoms with van der Waals surface area (Å²) in [5.41, 5.74) is 2.89. The lowest BCUT2D eigenvalue weighted by Crippen LogP contribution is -2.48. The van der Waals surface area contributed by atoms with E-state index in [2.05, 4.69) is 15.6 Å². The second-order valence-corrected chi connectivity index (χ2v) is 11.0. The molecular formula is C34H43N3O6. The summed E-state index contributed by atoms with van der Waals surface area (Å²) in [5, 5.41) is 5.87. The monoisotopic (exact) mass is 589 g/mol. The van der Waals surface area contributed by atoms with Gasteiger partial charge >= 0.3 is 0 Å². The first-order chi connectivity index (χ1) is 20.8. The van der Waals surface area contributed by atoms with Crippen LogP contribution >= 0.6 is 0 Å². The normalized spacial score (nSPS) is 12.4. The number of likely N-dealkylation sites (N-methyl/N-ethyl adjacent to an activating group) is 1. The van der Waals surface area contributed by atoms with Gasteiger partial charge in [0.15, 0.2) is 12.1 Å². The van der Waals surface area contributed by atoms with E-state index in [1.165, 1.54) is 0 Å². The van der Waals surface area contributed by atoms with Crippen molar-refractivity contribution in [1.82, 2.24) is 15.6 Å². The molecular weight excluding hydrogens is 546 g/mol. The van der Waals surface area contributed by atoms with Crippen molar-refractivity contribution in [3.05, 3.63) is 83.2 Å². The number of amides is 1. The molecule has 0 fully saturated rings. The van der Waals surface area contributed by atoms with Gasteiger partial charge < -0.3 is 29.9 Å². The summed E-state index contributed by atoms with van der Waals surface area (Å²) in [6.45, 7) is 5.17. The van der Waals surface area contributed by atoms with E-state index in [-0.39, 0.29) is 11.7 Å². The van der Waals surface area contributed by atoms with Gasteiger partial charge in [-0.05, 0) is 92.6 Å². The van der Waals surface area contributed by atoms with E-state index in [9.17, 15) is 19.2 Å². The Kier molecular flexibility index (Phi) is 13.7. The molecule has 0 radical (unpaired) electrons. The van der Waals surface area contributed by atoms with Gasteiger partial charge in [0, 0.05) is 6.42 Å². The van der Waals surface area contributed by atoms with Crippen LogP contribution in [0, 0.1) is 5.92 Å². The molecule has 2 atom stereocenters. The molecule has 3 N–H and O–H groups in total. The minimum absolute atomic E-state index is 0.0272. The molecule has 0 spiro atoms. The smallest absolute Gasteiger partial charge is 0.238 e. The Labute approximate surface area is 253 Å². The number of nitrogens with one attached hydrogen (secondary N) is 3. The quantitative estimate of drug-likeness (QED) is 0.0987. The lowest BCUT2D eigenvalue weighted by molar-refractivity contribution is -0.125. The molecule has 0 aliphatic heterocycles. The lowest BCUT2D eigenvalue weighted by Gasteiger charge is -2.20. The fourth-order valence-electron chi connectivity index (χ4n) is 4.60. The number of H-pyrrole nitrogens is 1. The summed E-state index contributed by atoms with van der Waals surface area (Å²) in [4.78, 5) is 49.8. The van der Waals surface area contributed by atoms with E-state index in [0.717, 1.165) is 41.8 Å². The fraction of sp³-hybridized carbons (Fsp3) is 0.412. The highest BCUT2D eigenvalue weighted by Crippen LogP contribution is 2.17. The number of hydrogen-bond acceptors (Lipinski definition) is 7. The molecule has 1 heterocycles. The van der Waals surface area contributed by atoms with Crippen LogP contribution in [-0.4, -0.2) is 61.6 Å². The van der Waals surface area contributed by atoms with Gasteiger partial charge in [-0.25, -0.2) is 0 Å². The van der Waals surface area contributed by atoms with Crippen LogP contribution in [0.4, 0.5) is 0 Å². The number of Topliss-reactive ketones (excluding diaryl/α,β-unsaturated/α-hetero) is 1. The van der Waals surface area contributed by atoms with E-state index < -0.39 is 12.1 Å². The number of aryl methyl sites for hydroxylation is 1. The summed E-state index contributed by atoms with van der Waals surface area (Å²) in [6.07, 6.45) is 5.25. The highest BCUT2D eigenvalue weighted by molar-refractivity contribution is 5.95. The number of ether oxygens (including phenoxy) is 2. The molecule has 9 nitrogen and oxygen atoms in total. The second kappa shape index (κ2) is 17.7. The topological polar surface area (TPSA) is 127 Å². The van der Waals surface area contributed by atoms with Gasteiger partial charge in [-0.3, -0.25) is 14.4 Å². The molecule has 3 rings (SSSR count). The summed E-state index contributed by atoms with van der Waals surface area (Å²) in [5.74, 6) is 1.65. The van der Waals surface area contributed by atoms with Crippen LogP contribution in [0.5, 0.6) is 11.5 Å². The van der Waals surface area contributed by atoms with Crippen LogP contribution in [0.1, 0.15) is 71.6 Å². The van der Waals surface area contributed by atoms with Crippen LogP contribution in [-0.2, 0) is 22.4 Å². The minimum Gasteiger partial charge on any atom is -0.494 e. The van der Waals surface area contributed by atoms with E-state index in [1.807, 2.05) is 62.4 Å². The standard InChI is InChI=1S/C34H43N3O6/c1-24(2)20-28(23-39)37-34(41)32(35-3)21-26-8-14-30(15-9-26)43-19-5-4-18-42-29-12-6-25(7-13-29)10-17-33(40)31-16-11-27(22-38)36-31/h6-9,11-16,22-24,28,32,35-36H,4-5,10,17-21H2,1-3H3,(H,37,41)/t28?,32-/m0/s1. The summed E-state index contributed by atoms with van der Waals surface area (Å²) < 4.78 is 11.7. The average molecular weight is 590 g/mol. The Balaban J connectivity index is 1.31. The molecule has 230 valence electrons.